The van der Waals surface area contributed by atoms with Crippen LogP contribution in [0.25, 0.3) is 0 Å². The number of hydrogen-bond donors (Lipinski definition) is 1. The number of carbonyl (C=O) groups excluding carboxylic acids is 1. The van der Waals surface area contributed by atoms with Gasteiger partial charge in [-0.2, -0.15) is 13.2 Å². The van der Waals surface area contributed by atoms with Gasteiger partial charge in [-0.15, -0.1) is 0 Å². The Labute approximate surface area is 164 Å². The van der Waals surface area contributed by atoms with E-state index in [2.05, 4.69) is 4.72 Å². The summed E-state index contributed by atoms with van der Waals surface area (Å²) in [7, 11) is -3.83. The van der Waals surface area contributed by atoms with Crippen molar-refractivity contribution >= 4 is 15.9 Å². The number of sulfonamides is 1. The number of benzene rings is 1. The van der Waals surface area contributed by atoms with E-state index in [1.807, 2.05) is 20.8 Å². The standard InChI is InChI=1S/C19H27F3N2O3S/c1-18(2,3)14-7-9-15(10-8-14)28(26,27)23-12-11-17(25)24-13-5-4-6-16(24)19(20,21)22/h7-10,16,23H,4-6,11-13H2,1-3H3/t16-/m1/s1. The summed E-state index contributed by atoms with van der Waals surface area (Å²) in [6, 6.07) is 4.63. The van der Waals surface area contributed by atoms with Gasteiger partial charge in [0.2, 0.25) is 15.9 Å². The molecule has 0 unspecified atom stereocenters. The van der Waals surface area contributed by atoms with Crippen LogP contribution in [0.4, 0.5) is 13.2 Å². The van der Waals surface area contributed by atoms with Crippen molar-refractivity contribution in [1.29, 1.82) is 0 Å². The lowest BCUT2D eigenvalue weighted by atomic mass is 9.87. The van der Waals surface area contributed by atoms with Gasteiger partial charge in [-0.1, -0.05) is 32.9 Å². The van der Waals surface area contributed by atoms with E-state index in [4.69, 9.17) is 0 Å². The van der Waals surface area contributed by atoms with Crippen molar-refractivity contribution in [3.05, 3.63) is 29.8 Å². The lowest BCUT2D eigenvalue weighted by Gasteiger charge is -2.36. The molecule has 0 saturated carbocycles. The van der Waals surface area contributed by atoms with Crippen molar-refractivity contribution in [2.45, 2.75) is 69.0 Å². The summed E-state index contributed by atoms with van der Waals surface area (Å²) in [5.74, 6) is -0.687. The summed E-state index contributed by atoms with van der Waals surface area (Å²) in [4.78, 5) is 13.1. The monoisotopic (exact) mass is 420 g/mol. The van der Waals surface area contributed by atoms with Crippen LogP contribution < -0.4 is 4.72 Å². The van der Waals surface area contributed by atoms with Crippen molar-refractivity contribution in [2.24, 2.45) is 0 Å². The molecule has 1 atom stereocenters. The maximum absolute atomic E-state index is 13.1. The Kier molecular flexibility index (Phi) is 6.81. The third-order valence-corrected chi connectivity index (χ3v) is 6.34. The van der Waals surface area contributed by atoms with Crippen LogP contribution in [0.15, 0.2) is 29.2 Å². The van der Waals surface area contributed by atoms with E-state index in [0.717, 1.165) is 10.5 Å². The van der Waals surface area contributed by atoms with Gasteiger partial charge in [0.05, 0.1) is 4.90 Å². The zero-order chi connectivity index (χ0) is 21.2. The molecule has 1 N–H and O–H groups in total. The molecule has 9 heteroatoms. The largest absolute Gasteiger partial charge is 0.408 e. The van der Waals surface area contributed by atoms with E-state index < -0.39 is 28.1 Å². The molecule has 2 rings (SSSR count). The van der Waals surface area contributed by atoms with Gasteiger partial charge in [-0.25, -0.2) is 13.1 Å². The molecule has 0 bridgehead atoms. The van der Waals surface area contributed by atoms with Crippen LogP contribution in [0.3, 0.4) is 0 Å². The predicted molar refractivity (Wildman–Crippen MR) is 100 cm³/mol. The van der Waals surface area contributed by atoms with Crippen LogP contribution in [-0.4, -0.2) is 44.5 Å². The molecular formula is C19H27F3N2O3S. The fourth-order valence-corrected chi connectivity index (χ4v) is 4.26. The lowest BCUT2D eigenvalue weighted by molar-refractivity contribution is -0.195. The van der Waals surface area contributed by atoms with E-state index >= 15 is 0 Å². The van der Waals surface area contributed by atoms with E-state index in [-0.39, 0.29) is 36.2 Å². The highest BCUT2D eigenvalue weighted by Gasteiger charge is 2.46. The first-order chi connectivity index (χ1) is 12.8. The Morgan fingerprint density at radius 1 is 1.14 bits per heavy atom. The summed E-state index contributed by atoms with van der Waals surface area (Å²) in [6.07, 6.45) is -3.95. The molecule has 1 aromatic rings. The molecule has 5 nitrogen and oxygen atoms in total. The van der Waals surface area contributed by atoms with E-state index in [1.165, 1.54) is 12.1 Å². The second-order valence-corrected chi connectivity index (χ2v) is 9.83. The van der Waals surface area contributed by atoms with Gasteiger partial charge < -0.3 is 4.90 Å². The van der Waals surface area contributed by atoms with Crippen LogP contribution in [0, 0.1) is 0 Å². The molecule has 0 aromatic heterocycles. The minimum absolute atomic E-state index is 0.0457. The fourth-order valence-electron chi connectivity index (χ4n) is 3.22. The molecule has 1 saturated heterocycles. The van der Waals surface area contributed by atoms with Crippen LogP contribution in [0.2, 0.25) is 0 Å². The molecule has 0 spiro atoms. The number of piperidine rings is 1. The molecule has 1 aliphatic rings. The number of hydrogen-bond acceptors (Lipinski definition) is 3. The lowest BCUT2D eigenvalue weighted by Crippen LogP contribution is -2.51. The molecule has 1 fully saturated rings. The van der Waals surface area contributed by atoms with Crippen LogP contribution >= 0.6 is 0 Å². The summed E-state index contributed by atoms with van der Waals surface area (Å²) in [5.41, 5.74) is 0.857. The Balaban J connectivity index is 1.96. The first-order valence-electron chi connectivity index (χ1n) is 9.29. The number of likely N-dealkylation sites (tertiary alicyclic amines) is 1. The Hall–Kier alpha value is -1.61. The zero-order valence-electron chi connectivity index (χ0n) is 16.3. The molecular weight excluding hydrogens is 393 g/mol. The second-order valence-electron chi connectivity index (χ2n) is 8.06. The molecule has 1 aliphatic heterocycles. The SMILES string of the molecule is CC(C)(C)c1ccc(S(=O)(=O)NCCC(=O)N2CCCC[C@@H]2C(F)(F)F)cc1. The van der Waals surface area contributed by atoms with Crippen molar-refractivity contribution in [1.82, 2.24) is 9.62 Å². The van der Waals surface area contributed by atoms with Gasteiger partial charge in [0.15, 0.2) is 0 Å². The quantitative estimate of drug-likeness (QED) is 0.792. The number of halogens is 3. The zero-order valence-corrected chi connectivity index (χ0v) is 17.2. The Bertz CT molecular complexity index is 784. The van der Waals surface area contributed by atoms with Gasteiger partial charge in [-0.05, 0) is 42.4 Å². The third-order valence-electron chi connectivity index (χ3n) is 4.86. The molecule has 1 amide bonds. The smallest absolute Gasteiger partial charge is 0.331 e. The minimum Gasteiger partial charge on any atom is -0.331 e. The fraction of sp³-hybridized carbons (Fsp3) is 0.632. The number of carbonyl (C=O) groups is 1. The van der Waals surface area contributed by atoms with Crippen molar-refractivity contribution < 1.29 is 26.4 Å². The van der Waals surface area contributed by atoms with Crippen molar-refractivity contribution in [3.8, 4) is 0 Å². The maximum Gasteiger partial charge on any atom is 0.408 e. The van der Waals surface area contributed by atoms with Gasteiger partial charge in [0.1, 0.15) is 6.04 Å². The minimum atomic E-state index is -4.47. The summed E-state index contributed by atoms with van der Waals surface area (Å²) >= 11 is 0. The van der Waals surface area contributed by atoms with Gasteiger partial charge in [-0.3, -0.25) is 4.79 Å². The average molecular weight is 420 g/mol. The van der Waals surface area contributed by atoms with Gasteiger partial charge >= 0.3 is 6.18 Å². The number of alkyl halides is 3. The van der Waals surface area contributed by atoms with Gasteiger partial charge in [0.25, 0.3) is 0 Å². The van der Waals surface area contributed by atoms with Gasteiger partial charge in [0, 0.05) is 19.5 Å². The van der Waals surface area contributed by atoms with Crippen LogP contribution in [0.1, 0.15) is 52.0 Å². The van der Waals surface area contributed by atoms with Crippen molar-refractivity contribution in [2.75, 3.05) is 13.1 Å². The summed E-state index contributed by atoms with van der Waals surface area (Å²) < 4.78 is 66.3. The van der Waals surface area contributed by atoms with Crippen molar-refractivity contribution in [3.63, 3.8) is 0 Å². The topological polar surface area (TPSA) is 66.5 Å². The number of amides is 1. The van der Waals surface area contributed by atoms with E-state index in [9.17, 15) is 26.4 Å². The highest BCUT2D eigenvalue weighted by Crippen LogP contribution is 2.32. The first kappa shape index (κ1) is 22.7. The Morgan fingerprint density at radius 2 is 1.75 bits per heavy atom. The first-order valence-corrected chi connectivity index (χ1v) is 10.8. The summed E-state index contributed by atoms with van der Waals surface area (Å²) in [6.45, 7) is 5.83. The van der Waals surface area contributed by atoms with Crippen LogP contribution in [-0.2, 0) is 20.2 Å². The number of rotatable bonds is 5. The summed E-state index contributed by atoms with van der Waals surface area (Å²) in [5, 5.41) is 0. The molecule has 0 radical (unpaired) electrons. The molecule has 1 aromatic carbocycles. The number of nitrogens with one attached hydrogen (secondary N) is 1. The molecule has 28 heavy (non-hydrogen) atoms. The Morgan fingerprint density at radius 3 is 2.29 bits per heavy atom. The highest BCUT2D eigenvalue weighted by molar-refractivity contribution is 7.89. The highest BCUT2D eigenvalue weighted by atomic mass is 32.2. The normalized spacial score (nSPS) is 18.9. The molecule has 1 heterocycles. The van der Waals surface area contributed by atoms with Crippen LogP contribution in [0.5, 0.6) is 0 Å². The van der Waals surface area contributed by atoms with E-state index in [0.29, 0.717) is 12.8 Å². The number of nitrogens with zero attached hydrogens (tertiary/aromatic N) is 1. The second kappa shape index (κ2) is 8.41. The molecule has 0 aliphatic carbocycles. The average Bonchev–Trinajstić information content (AvgIpc) is 2.60. The maximum atomic E-state index is 13.1. The molecule has 158 valence electrons. The van der Waals surface area contributed by atoms with E-state index in [1.54, 1.807) is 12.1 Å². The third kappa shape index (κ3) is 5.70. The predicted octanol–water partition coefficient (Wildman–Crippen LogP) is 3.60.